The topological polar surface area (TPSA) is 108 Å². The smallest absolute Gasteiger partial charge is 0.328 e. The molecule has 4 N–H and O–H groups in total. The SMILES string of the molecule is O=C(O)C(CO)NC(=O)C1CNCCO1. The van der Waals surface area contributed by atoms with Crippen molar-refractivity contribution in [3.8, 4) is 0 Å². The number of amides is 1. The van der Waals surface area contributed by atoms with Gasteiger partial charge in [0.15, 0.2) is 0 Å². The van der Waals surface area contributed by atoms with Gasteiger partial charge in [-0.3, -0.25) is 4.79 Å². The number of carboxylic acid groups (broad SMARTS) is 1. The molecule has 1 rings (SSSR count). The molecule has 0 aromatic heterocycles. The number of ether oxygens (including phenoxy) is 1. The van der Waals surface area contributed by atoms with E-state index >= 15 is 0 Å². The van der Waals surface area contributed by atoms with E-state index in [1.54, 1.807) is 0 Å². The van der Waals surface area contributed by atoms with E-state index in [0.29, 0.717) is 19.7 Å². The molecule has 0 bridgehead atoms. The molecule has 2 atom stereocenters. The molecule has 1 amide bonds. The van der Waals surface area contributed by atoms with Crippen LogP contribution in [0.4, 0.5) is 0 Å². The van der Waals surface area contributed by atoms with Crippen LogP contribution >= 0.6 is 0 Å². The lowest BCUT2D eigenvalue weighted by molar-refractivity contribution is -0.146. The normalized spacial score (nSPS) is 23.1. The first-order valence-electron chi connectivity index (χ1n) is 4.61. The number of carbonyl (C=O) groups is 2. The van der Waals surface area contributed by atoms with E-state index in [2.05, 4.69) is 10.6 Å². The monoisotopic (exact) mass is 218 g/mol. The summed E-state index contributed by atoms with van der Waals surface area (Å²) in [6.07, 6.45) is -0.688. The Morgan fingerprint density at radius 1 is 1.60 bits per heavy atom. The first kappa shape index (κ1) is 11.9. The van der Waals surface area contributed by atoms with E-state index in [0.717, 1.165) is 0 Å². The number of carboxylic acids is 1. The van der Waals surface area contributed by atoms with Gasteiger partial charge in [0.2, 0.25) is 0 Å². The van der Waals surface area contributed by atoms with Gasteiger partial charge in [-0.2, -0.15) is 0 Å². The number of carbonyl (C=O) groups excluding carboxylic acids is 1. The predicted octanol–water partition coefficient (Wildman–Crippen LogP) is -2.46. The molecule has 0 aromatic carbocycles. The van der Waals surface area contributed by atoms with Crippen molar-refractivity contribution in [2.45, 2.75) is 12.1 Å². The van der Waals surface area contributed by atoms with Crippen LogP contribution in [-0.4, -0.2) is 60.5 Å². The van der Waals surface area contributed by atoms with Crippen LogP contribution in [0.5, 0.6) is 0 Å². The summed E-state index contributed by atoms with van der Waals surface area (Å²) in [5.74, 6) is -1.79. The number of aliphatic carboxylic acids is 1. The molecular weight excluding hydrogens is 204 g/mol. The number of rotatable bonds is 4. The first-order valence-corrected chi connectivity index (χ1v) is 4.61. The largest absolute Gasteiger partial charge is 0.480 e. The third kappa shape index (κ3) is 3.46. The number of hydrogen-bond acceptors (Lipinski definition) is 5. The summed E-state index contributed by atoms with van der Waals surface area (Å²) >= 11 is 0. The molecule has 0 radical (unpaired) electrons. The molecule has 1 aliphatic heterocycles. The van der Waals surface area contributed by atoms with E-state index < -0.39 is 30.6 Å². The second kappa shape index (κ2) is 5.64. The fourth-order valence-corrected chi connectivity index (χ4v) is 1.18. The zero-order valence-electron chi connectivity index (χ0n) is 8.10. The summed E-state index contributed by atoms with van der Waals surface area (Å²) in [4.78, 5) is 21.9. The fourth-order valence-electron chi connectivity index (χ4n) is 1.18. The number of aliphatic hydroxyl groups excluding tert-OH is 1. The molecule has 1 fully saturated rings. The van der Waals surface area contributed by atoms with Crippen molar-refractivity contribution in [1.29, 1.82) is 0 Å². The Bertz CT molecular complexity index is 239. The molecule has 0 spiro atoms. The maximum Gasteiger partial charge on any atom is 0.328 e. The maximum absolute atomic E-state index is 11.4. The number of morpholine rings is 1. The zero-order chi connectivity index (χ0) is 11.3. The van der Waals surface area contributed by atoms with E-state index in [1.807, 2.05) is 0 Å². The Morgan fingerprint density at radius 2 is 2.33 bits per heavy atom. The minimum atomic E-state index is -1.27. The van der Waals surface area contributed by atoms with Gasteiger partial charge >= 0.3 is 5.97 Å². The second-order valence-electron chi connectivity index (χ2n) is 3.15. The highest BCUT2D eigenvalue weighted by molar-refractivity contribution is 5.86. The van der Waals surface area contributed by atoms with Gasteiger partial charge in [0.1, 0.15) is 12.1 Å². The minimum absolute atomic E-state index is 0.351. The van der Waals surface area contributed by atoms with E-state index in [9.17, 15) is 9.59 Å². The lowest BCUT2D eigenvalue weighted by atomic mass is 10.2. The van der Waals surface area contributed by atoms with Gasteiger partial charge < -0.3 is 25.6 Å². The quantitative estimate of drug-likeness (QED) is 0.417. The minimum Gasteiger partial charge on any atom is -0.480 e. The first-order chi connectivity index (χ1) is 7.15. The Kier molecular flexibility index (Phi) is 4.47. The highest BCUT2D eigenvalue weighted by atomic mass is 16.5. The van der Waals surface area contributed by atoms with E-state index in [4.69, 9.17) is 14.9 Å². The van der Waals surface area contributed by atoms with Crippen LogP contribution < -0.4 is 10.6 Å². The van der Waals surface area contributed by atoms with Gasteiger partial charge in [0, 0.05) is 13.1 Å². The van der Waals surface area contributed by atoms with Gasteiger partial charge in [-0.1, -0.05) is 0 Å². The molecule has 2 unspecified atom stereocenters. The molecule has 1 heterocycles. The standard InChI is InChI=1S/C8H14N2O5/c11-4-5(8(13)14)10-7(12)6-3-9-1-2-15-6/h5-6,9,11H,1-4H2,(H,10,12)(H,13,14). The summed E-state index contributed by atoms with van der Waals surface area (Å²) in [5.41, 5.74) is 0. The van der Waals surface area contributed by atoms with Crippen molar-refractivity contribution in [3.05, 3.63) is 0 Å². The summed E-state index contributed by atoms with van der Waals surface area (Å²) in [7, 11) is 0. The second-order valence-corrected chi connectivity index (χ2v) is 3.15. The lowest BCUT2D eigenvalue weighted by Crippen LogP contribution is -2.53. The fraction of sp³-hybridized carbons (Fsp3) is 0.750. The van der Waals surface area contributed by atoms with E-state index in [1.165, 1.54) is 0 Å². The molecule has 1 saturated heterocycles. The van der Waals surface area contributed by atoms with Crippen molar-refractivity contribution in [2.75, 3.05) is 26.3 Å². The van der Waals surface area contributed by atoms with Crippen LogP contribution in [-0.2, 0) is 14.3 Å². The summed E-state index contributed by atoms with van der Waals surface area (Å²) in [6, 6.07) is -1.27. The third-order valence-corrected chi connectivity index (χ3v) is 2.02. The van der Waals surface area contributed by atoms with Gasteiger partial charge in [0.25, 0.3) is 5.91 Å². The Balaban J connectivity index is 2.42. The Morgan fingerprint density at radius 3 is 2.80 bits per heavy atom. The highest BCUT2D eigenvalue weighted by Gasteiger charge is 2.26. The van der Waals surface area contributed by atoms with Gasteiger partial charge in [-0.05, 0) is 0 Å². The molecule has 7 nitrogen and oxygen atoms in total. The number of aliphatic hydroxyl groups is 1. The number of nitrogens with one attached hydrogen (secondary N) is 2. The molecule has 7 heteroatoms. The van der Waals surface area contributed by atoms with Gasteiger partial charge in [-0.25, -0.2) is 4.79 Å². The Labute approximate surface area is 86.4 Å². The van der Waals surface area contributed by atoms with Crippen molar-refractivity contribution >= 4 is 11.9 Å². The van der Waals surface area contributed by atoms with Crippen LogP contribution in [0.2, 0.25) is 0 Å². The van der Waals surface area contributed by atoms with Crippen LogP contribution in [0.1, 0.15) is 0 Å². The summed E-state index contributed by atoms with van der Waals surface area (Å²) in [5, 5.41) is 22.4. The van der Waals surface area contributed by atoms with E-state index in [-0.39, 0.29) is 0 Å². The molecule has 0 saturated carbocycles. The zero-order valence-corrected chi connectivity index (χ0v) is 8.10. The third-order valence-electron chi connectivity index (χ3n) is 2.02. The lowest BCUT2D eigenvalue weighted by Gasteiger charge is -2.23. The molecular formula is C8H14N2O5. The highest BCUT2D eigenvalue weighted by Crippen LogP contribution is 1.96. The predicted molar refractivity (Wildman–Crippen MR) is 49.3 cm³/mol. The average Bonchev–Trinajstić information content (AvgIpc) is 2.26. The average molecular weight is 218 g/mol. The summed E-state index contributed by atoms with van der Waals surface area (Å²) in [6.45, 7) is 0.798. The van der Waals surface area contributed by atoms with Gasteiger partial charge in [0.05, 0.1) is 13.2 Å². The number of hydrogen-bond donors (Lipinski definition) is 4. The molecule has 1 aliphatic rings. The molecule has 0 aromatic rings. The van der Waals surface area contributed by atoms with Crippen molar-refractivity contribution in [3.63, 3.8) is 0 Å². The van der Waals surface area contributed by atoms with Crippen LogP contribution in [0.15, 0.2) is 0 Å². The van der Waals surface area contributed by atoms with Crippen molar-refractivity contribution in [2.24, 2.45) is 0 Å². The maximum atomic E-state index is 11.4. The van der Waals surface area contributed by atoms with Crippen molar-refractivity contribution < 1.29 is 24.5 Å². The van der Waals surface area contributed by atoms with Gasteiger partial charge in [-0.15, -0.1) is 0 Å². The molecule has 0 aliphatic carbocycles. The van der Waals surface area contributed by atoms with Crippen LogP contribution in [0.3, 0.4) is 0 Å². The van der Waals surface area contributed by atoms with Crippen LogP contribution in [0.25, 0.3) is 0 Å². The summed E-state index contributed by atoms with van der Waals surface area (Å²) < 4.78 is 5.12. The molecule has 86 valence electrons. The Hall–Kier alpha value is -1.18. The molecule has 15 heavy (non-hydrogen) atoms. The van der Waals surface area contributed by atoms with Crippen LogP contribution in [0, 0.1) is 0 Å². The van der Waals surface area contributed by atoms with Crippen molar-refractivity contribution in [1.82, 2.24) is 10.6 Å².